The number of aromatic amines is 1. The normalized spacial score (nSPS) is 10.9. The second-order valence-corrected chi connectivity index (χ2v) is 4.74. The highest BCUT2D eigenvalue weighted by Gasteiger charge is 2.17. The van der Waals surface area contributed by atoms with Crippen LogP contribution in [0.25, 0.3) is 5.69 Å². The molecule has 2 heterocycles. The maximum atomic E-state index is 13.7. The van der Waals surface area contributed by atoms with E-state index >= 15 is 0 Å². The van der Waals surface area contributed by atoms with E-state index in [9.17, 15) is 9.18 Å². The van der Waals surface area contributed by atoms with Crippen LogP contribution in [0.15, 0.2) is 29.2 Å². The van der Waals surface area contributed by atoms with E-state index < -0.39 is 11.5 Å². The van der Waals surface area contributed by atoms with Crippen molar-refractivity contribution in [1.29, 1.82) is 0 Å². The summed E-state index contributed by atoms with van der Waals surface area (Å²) in [5.41, 5.74) is 0.0911. The summed E-state index contributed by atoms with van der Waals surface area (Å²) in [4.78, 5) is 12.0. The monoisotopic (exact) mass is 324 g/mol. The van der Waals surface area contributed by atoms with Crippen LogP contribution in [0.4, 0.5) is 4.39 Å². The average molecular weight is 325 g/mol. The highest BCUT2D eigenvalue weighted by molar-refractivity contribution is 6.31. The van der Waals surface area contributed by atoms with Gasteiger partial charge in [-0.05, 0) is 22.6 Å². The molecule has 10 heteroatoms. The third kappa shape index (κ3) is 2.46. The molecule has 22 heavy (non-hydrogen) atoms. The van der Waals surface area contributed by atoms with Crippen LogP contribution < -0.4 is 10.4 Å². The minimum Gasteiger partial charge on any atom is -0.473 e. The summed E-state index contributed by atoms with van der Waals surface area (Å²) in [7, 11) is 1.46. The number of aromatic nitrogens is 6. The molecule has 3 rings (SSSR count). The number of tetrazole rings is 1. The highest BCUT2D eigenvalue weighted by atomic mass is 35.5. The van der Waals surface area contributed by atoms with Crippen molar-refractivity contribution in [3.8, 4) is 11.6 Å². The van der Waals surface area contributed by atoms with Gasteiger partial charge < -0.3 is 4.74 Å². The zero-order chi connectivity index (χ0) is 15.7. The first-order valence-electron chi connectivity index (χ1n) is 6.16. The number of hydrogen-bond acceptors (Lipinski definition) is 5. The van der Waals surface area contributed by atoms with Gasteiger partial charge >= 0.3 is 5.69 Å². The van der Waals surface area contributed by atoms with Crippen molar-refractivity contribution in [1.82, 2.24) is 30.0 Å². The van der Waals surface area contributed by atoms with Crippen molar-refractivity contribution in [2.24, 2.45) is 7.05 Å². The van der Waals surface area contributed by atoms with Crippen molar-refractivity contribution >= 4 is 11.6 Å². The van der Waals surface area contributed by atoms with Gasteiger partial charge in [0.05, 0.1) is 16.9 Å². The van der Waals surface area contributed by atoms with Crippen molar-refractivity contribution < 1.29 is 9.13 Å². The maximum absolute atomic E-state index is 13.7. The first-order chi connectivity index (χ1) is 10.6. The van der Waals surface area contributed by atoms with Crippen molar-refractivity contribution in [3.63, 3.8) is 0 Å². The molecule has 3 aromatic rings. The number of nitrogens with one attached hydrogen (secondary N) is 1. The fraction of sp³-hybridized carbons (Fsp3) is 0.167. The molecule has 8 nitrogen and oxygen atoms in total. The number of aryl methyl sites for hydroxylation is 1. The Hall–Kier alpha value is -2.68. The molecular weight excluding hydrogens is 315 g/mol. The van der Waals surface area contributed by atoms with E-state index in [1.165, 1.54) is 19.3 Å². The molecule has 0 saturated heterocycles. The number of ether oxygens (including phenoxy) is 1. The molecule has 0 unspecified atom stereocenters. The van der Waals surface area contributed by atoms with Gasteiger partial charge in [0.1, 0.15) is 12.4 Å². The van der Waals surface area contributed by atoms with Gasteiger partial charge in [-0.3, -0.25) is 0 Å². The lowest BCUT2D eigenvalue weighted by Crippen LogP contribution is -2.23. The summed E-state index contributed by atoms with van der Waals surface area (Å²) in [6.07, 6.45) is 1.51. The van der Waals surface area contributed by atoms with Crippen molar-refractivity contribution in [2.45, 2.75) is 6.61 Å². The molecule has 0 fully saturated rings. The second kappa shape index (κ2) is 5.60. The van der Waals surface area contributed by atoms with Gasteiger partial charge in [-0.15, -0.1) is 0 Å². The lowest BCUT2D eigenvalue weighted by Gasteiger charge is -2.11. The Balaban J connectivity index is 2.04. The smallest absolute Gasteiger partial charge is 0.368 e. The van der Waals surface area contributed by atoms with E-state index in [1.54, 1.807) is 6.07 Å². The van der Waals surface area contributed by atoms with E-state index in [4.69, 9.17) is 16.3 Å². The van der Waals surface area contributed by atoms with Crippen LogP contribution in [-0.4, -0.2) is 30.0 Å². The Morgan fingerprint density at radius 1 is 1.36 bits per heavy atom. The molecule has 2 aromatic heterocycles. The summed E-state index contributed by atoms with van der Waals surface area (Å²) in [6.45, 7) is -0.0723. The molecule has 0 atom stereocenters. The molecule has 0 aliphatic carbocycles. The molecule has 1 aromatic carbocycles. The van der Waals surface area contributed by atoms with E-state index in [2.05, 4.69) is 20.6 Å². The van der Waals surface area contributed by atoms with Crippen LogP contribution in [0.2, 0.25) is 5.02 Å². The SMILES string of the molecule is Cn1nnn(-c2ccc(F)c(Cl)c2COc2ccn[nH]2)c1=O. The minimum atomic E-state index is -0.620. The van der Waals surface area contributed by atoms with Crippen LogP contribution in [0.1, 0.15) is 5.56 Å². The average Bonchev–Trinajstić information content (AvgIpc) is 3.13. The number of halogens is 2. The second-order valence-electron chi connectivity index (χ2n) is 4.37. The zero-order valence-electron chi connectivity index (χ0n) is 11.3. The number of hydrogen-bond donors (Lipinski definition) is 1. The van der Waals surface area contributed by atoms with Crippen LogP contribution in [0.5, 0.6) is 5.88 Å². The molecule has 0 amide bonds. The van der Waals surface area contributed by atoms with Crippen LogP contribution in [-0.2, 0) is 13.7 Å². The van der Waals surface area contributed by atoms with Crippen molar-refractivity contribution in [2.75, 3.05) is 0 Å². The molecule has 1 N–H and O–H groups in total. The van der Waals surface area contributed by atoms with E-state index in [-0.39, 0.29) is 17.2 Å². The summed E-state index contributed by atoms with van der Waals surface area (Å²) >= 11 is 6.00. The Kier molecular flexibility index (Phi) is 3.63. The lowest BCUT2D eigenvalue weighted by atomic mass is 10.2. The summed E-state index contributed by atoms with van der Waals surface area (Å²) < 4.78 is 21.2. The molecule has 0 saturated carbocycles. The molecule has 0 aliphatic heterocycles. The molecular formula is C12H10ClFN6O2. The first kappa shape index (κ1) is 14.3. The molecule has 114 valence electrons. The van der Waals surface area contributed by atoms with Gasteiger partial charge in [0.15, 0.2) is 0 Å². The quantitative estimate of drug-likeness (QED) is 0.775. The predicted molar refractivity (Wildman–Crippen MR) is 74.5 cm³/mol. The van der Waals surface area contributed by atoms with Crippen LogP contribution in [0, 0.1) is 5.82 Å². The maximum Gasteiger partial charge on any atom is 0.368 e. The fourth-order valence-corrected chi connectivity index (χ4v) is 2.07. The van der Waals surface area contributed by atoms with E-state index in [1.807, 2.05) is 0 Å². The van der Waals surface area contributed by atoms with E-state index in [0.29, 0.717) is 11.6 Å². The van der Waals surface area contributed by atoms with Gasteiger partial charge in [0.25, 0.3) is 0 Å². The predicted octanol–water partition coefficient (Wildman–Crippen LogP) is 1.06. The van der Waals surface area contributed by atoms with Crippen LogP contribution >= 0.6 is 11.6 Å². The number of nitrogens with zero attached hydrogens (tertiary/aromatic N) is 5. The molecule has 0 radical (unpaired) electrons. The highest BCUT2D eigenvalue weighted by Crippen LogP contribution is 2.26. The van der Waals surface area contributed by atoms with Crippen LogP contribution in [0.3, 0.4) is 0 Å². The topological polar surface area (TPSA) is 90.6 Å². The number of H-pyrrole nitrogens is 1. The fourth-order valence-electron chi connectivity index (χ4n) is 1.86. The van der Waals surface area contributed by atoms with Crippen molar-refractivity contribution in [3.05, 3.63) is 51.3 Å². The minimum absolute atomic E-state index is 0.0723. The Bertz CT molecular complexity index is 857. The summed E-state index contributed by atoms with van der Waals surface area (Å²) in [5, 5.41) is 13.5. The third-order valence-electron chi connectivity index (χ3n) is 2.97. The van der Waals surface area contributed by atoms with Gasteiger partial charge in [0, 0.05) is 18.7 Å². The summed E-state index contributed by atoms with van der Waals surface area (Å²) in [6, 6.07) is 4.14. The largest absolute Gasteiger partial charge is 0.473 e. The van der Waals surface area contributed by atoms with Gasteiger partial charge in [-0.1, -0.05) is 11.6 Å². The van der Waals surface area contributed by atoms with Gasteiger partial charge in [0.2, 0.25) is 5.88 Å². The molecule has 0 spiro atoms. The molecule has 0 aliphatic rings. The van der Waals surface area contributed by atoms with Gasteiger partial charge in [-0.2, -0.15) is 14.5 Å². The van der Waals surface area contributed by atoms with Gasteiger partial charge in [-0.25, -0.2) is 14.3 Å². The van der Waals surface area contributed by atoms with E-state index in [0.717, 1.165) is 15.4 Å². The standard InChI is InChI=1S/C12H10ClFN6O2/c1-19-12(21)20(18-17-19)9-3-2-8(14)11(13)7(9)6-22-10-4-5-15-16-10/h2-5H,6H2,1H3,(H,15,16). The molecule has 0 bridgehead atoms. The first-order valence-corrected chi connectivity index (χ1v) is 6.54. The Labute approximate surface area is 128 Å². The Morgan fingerprint density at radius 3 is 2.82 bits per heavy atom. The third-order valence-corrected chi connectivity index (χ3v) is 3.38. The number of rotatable bonds is 4. The Morgan fingerprint density at radius 2 is 2.18 bits per heavy atom. The number of benzene rings is 1. The lowest BCUT2D eigenvalue weighted by molar-refractivity contribution is 0.292. The zero-order valence-corrected chi connectivity index (χ0v) is 12.1. The summed E-state index contributed by atoms with van der Waals surface area (Å²) in [5.74, 6) is -0.233.